The number of aliphatic carboxylic acids is 4. The molecule has 0 bridgehead atoms. The molecule has 0 N–H and O–H groups in total. The maximum absolute atomic E-state index is 10.9. The lowest BCUT2D eigenvalue weighted by atomic mass is 9.85. The van der Waals surface area contributed by atoms with Crippen LogP contribution in [0.4, 0.5) is 0 Å². The van der Waals surface area contributed by atoms with Crippen molar-refractivity contribution in [2.24, 2.45) is 17.8 Å². The predicted molar refractivity (Wildman–Crippen MR) is 54.6 cm³/mol. The van der Waals surface area contributed by atoms with E-state index in [4.69, 9.17) is 0 Å². The van der Waals surface area contributed by atoms with E-state index in [0.29, 0.717) is 0 Å². The molecule has 0 aliphatic carbocycles. The minimum atomic E-state index is -1.60. The standard InChI is InChI=1S/C12H18O8/c1-6(10(15)16)4-8(12(19)20)5-7(11(17)18)2-3-9(13)14/h6-8H,2-5H2,1H3,(H,13,14)(H,15,16)(H,17,18)(H,19,20)/p-4/t6-,7+,8+/m0/s1. The summed E-state index contributed by atoms with van der Waals surface area (Å²) in [6, 6.07) is 0. The van der Waals surface area contributed by atoms with Gasteiger partial charge in [0, 0.05) is 23.9 Å². The van der Waals surface area contributed by atoms with Gasteiger partial charge in [-0.2, -0.15) is 0 Å². The van der Waals surface area contributed by atoms with Gasteiger partial charge in [0.2, 0.25) is 0 Å². The monoisotopic (exact) mass is 286 g/mol. The van der Waals surface area contributed by atoms with Crippen LogP contribution in [0.5, 0.6) is 0 Å². The van der Waals surface area contributed by atoms with Gasteiger partial charge in [-0.15, -0.1) is 0 Å². The van der Waals surface area contributed by atoms with Crippen molar-refractivity contribution in [1.82, 2.24) is 0 Å². The normalized spacial score (nSPS) is 15.1. The lowest BCUT2D eigenvalue weighted by molar-refractivity contribution is -0.317. The van der Waals surface area contributed by atoms with Gasteiger partial charge in [0.1, 0.15) is 0 Å². The van der Waals surface area contributed by atoms with Crippen molar-refractivity contribution in [3.63, 3.8) is 0 Å². The maximum Gasteiger partial charge on any atom is 0.0445 e. The number of hydrogen-bond acceptors (Lipinski definition) is 8. The molecule has 0 saturated carbocycles. The SMILES string of the molecule is C[C@@H](C[C@H](C[C@@H](CCC(=O)[O-])C(=O)[O-])C(=O)[O-])C(=O)[O-]. The fraction of sp³-hybridized carbons (Fsp3) is 0.667. The first-order valence-corrected chi connectivity index (χ1v) is 5.97. The Hall–Kier alpha value is -2.12. The Balaban J connectivity index is 4.74. The number of rotatable bonds is 10. The lowest BCUT2D eigenvalue weighted by Gasteiger charge is -2.27. The van der Waals surface area contributed by atoms with E-state index >= 15 is 0 Å². The zero-order valence-corrected chi connectivity index (χ0v) is 10.8. The number of carboxylic acids is 4. The van der Waals surface area contributed by atoms with Crippen molar-refractivity contribution in [1.29, 1.82) is 0 Å². The van der Waals surface area contributed by atoms with Gasteiger partial charge in [-0.25, -0.2) is 0 Å². The van der Waals surface area contributed by atoms with Crippen LogP contribution in [0, 0.1) is 17.8 Å². The van der Waals surface area contributed by atoms with E-state index in [-0.39, 0.29) is 12.8 Å². The zero-order valence-electron chi connectivity index (χ0n) is 10.8. The number of carboxylic acid groups (broad SMARTS) is 4. The highest BCUT2D eigenvalue weighted by Crippen LogP contribution is 2.22. The van der Waals surface area contributed by atoms with E-state index in [2.05, 4.69) is 0 Å². The largest absolute Gasteiger partial charge is 0.550 e. The molecule has 0 spiro atoms. The molecule has 3 atom stereocenters. The van der Waals surface area contributed by atoms with Crippen molar-refractivity contribution in [3.05, 3.63) is 0 Å². The first-order valence-electron chi connectivity index (χ1n) is 5.97. The second-order valence-electron chi connectivity index (χ2n) is 4.63. The molecular weight excluding hydrogens is 272 g/mol. The summed E-state index contributed by atoms with van der Waals surface area (Å²) >= 11 is 0. The summed E-state index contributed by atoms with van der Waals surface area (Å²) in [5, 5.41) is 42.5. The molecule has 0 unspecified atom stereocenters. The van der Waals surface area contributed by atoms with Crippen molar-refractivity contribution < 1.29 is 39.6 Å². The van der Waals surface area contributed by atoms with Gasteiger partial charge in [0.15, 0.2) is 0 Å². The first-order chi connectivity index (χ1) is 9.15. The second kappa shape index (κ2) is 8.13. The highest BCUT2D eigenvalue weighted by Gasteiger charge is 2.21. The molecule has 0 aliphatic heterocycles. The van der Waals surface area contributed by atoms with Crippen molar-refractivity contribution >= 4 is 23.9 Å². The van der Waals surface area contributed by atoms with Crippen LogP contribution in [-0.4, -0.2) is 23.9 Å². The predicted octanol–water partition coefficient (Wildman–Crippen LogP) is -4.59. The van der Waals surface area contributed by atoms with E-state index in [0.717, 1.165) is 0 Å². The summed E-state index contributed by atoms with van der Waals surface area (Å²) in [6.45, 7) is 1.22. The minimum absolute atomic E-state index is 0.353. The molecule has 0 saturated heterocycles. The molecular formula is C12H14O8-4. The zero-order chi connectivity index (χ0) is 15.9. The lowest BCUT2D eigenvalue weighted by Crippen LogP contribution is -2.40. The second-order valence-corrected chi connectivity index (χ2v) is 4.63. The first kappa shape index (κ1) is 17.9. The van der Waals surface area contributed by atoms with Crippen molar-refractivity contribution in [2.75, 3.05) is 0 Å². The van der Waals surface area contributed by atoms with E-state index in [1.165, 1.54) is 6.92 Å². The Bertz CT molecular complexity index is 389. The molecule has 8 nitrogen and oxygen atoms in total. The van der Waals surface area contributed by atoms with Crippen LogP contribution in [0.3, 0.4) is 0 Å². The van der Waals surface area contributed by atoms with Gasteiger partial charge in [-0.3, -0.25) is 0 Å². The van der Waals surface area contributed by atoms with E-state index < -0.39 is 54.5 Å². The Morgan fingerprint density at radius 1 is 0.800 bits per heavy atom. The van der Waals surface area contributed by atoms with E-state index in [1.54, 1.807) is 0 Å². The highest BCUT2D eigenvalue weighted by atomic mass is 16.4. The van der Waals surface area contributed by atoms with Crippen LogP contribution in [0.1, 0.15) is 32.6 Å². The Morgan fingerprint density at radius 3 is 1.65 bits per heavy atom. The molecule has 0 fully saturated rings. The molecule has 0 radical (unpaired) electrons. The molecule has 0 aromatic carbocycles. The van der Waals surface area contributed by atoms with E-state index in [1.807, 2.05) is 0 Å². The quantitative estimate of drug-likeness (QED) is 0.387. The third-order valence-electron chi connectivity index (χ3n) is 2.97. The average Bonchev–Trinajstić information content (AvgIpc) is 2.31. The smallest absolute Gasteiger partial charge is 0.0445 e. The van der Waals surface area contributed by atoms with E-state index in [9.17, 15) is 39.6 Å². The molecule has 0 rings (SSSR count). The third kappa shape index (κ3) is 6.72. The molecule has 114 valence electrons. The van der Waals surface area contributed by atoms with Crippen LogP contribution in [0.25, 0.3) is 0 Å². The average molecular weight is 286 g/mol. The number of carbonyl (C=O) groups is 4. The van der Waals surface area contributed by atoms with Gasteiger partial charge in [0.25, 0.3) is 0 Å². The highest BCUT2D eigenvalue weighted by molar-refractivity contribution is 5.73. The van der Waals surface area contributed by atoms with Gasteiger partial charge in [-0.05, 0) is 43.4 Å². The number of hydrogen-bond donors (Lipinski definition) is 0. The molecule has 0 amide bonds. The van der Waals surface area contributed by atoms with Crippen LogP contribution in [0.2, 0.25) is 0 Å². The van der Waals surface area contributed by atoms with Crippen LogP contribution < -0.4 is 20.4 Å². The Labute approximate surface area is 115 Å². The van der Waals surface area contributed by atoms with Gasteiger partial charge in [0.05, 0.1) is 0 Å². The molecule has 8 heteroatoms. The molecule has 0 aromatic heterocycles. The third-order valence-corrected chi connectivity index (χ3v) is 2.97. The molecule has 0 heterocycles. The molecule has 0 aromatic rings. The van der Waals surface area contributed by atoms with Gasteiger partial charge < -0.3 is 39.6 Å². The van der Waals surface area contributed by atoms with Crippen LogP contribution in [0.15, 0.2) is 0 Å². The molecule has 0 aliphatic rings. The topological polar surface area (TPSA) is 161 Å². The summed E-state index contributed by atoms with van der Waals surface area (Å²) in [5.41, 5.74) is 0. The van der Waals surface area contributed by atoms with Crippen molar-refractivity contribution in [3.8, 4) is 0 Å². The maximum atomic E-state index is 10.9. The summed E-state index contributed by atoms with van der Waals surface area (Å²) in [7, 11) is 0. The van der Waals surface area contributed by atoms with Crippen LogP contribution in [-0.2, 0) is 19.2 Å². The van der Waals surface area contributed by atoms with Crippen LogP contribution >= 0.6 is 0 Å². The Kier molecular flexibility index (Phi) is 7.27. The van der Waals surface area contributed by atoms with Gasteiger partial charge >= 0.3 is 0 Å². The summed E-state index contributed by atoms with van der Waals surface area (Å²) in [5.74, 6) is -9.89. The Morgan fingerprint density at radius 2 is 1.30 bits per heavy atom. The summed E-state index contributed by atoms with van der Waals surface area (Å²) in [6.07, 6.45) is -1.74. The van der Waals surface area contributed by atoms with Gasteiger partial charge in [-0.1, -0.05) is 6.92 Å². The number of carbonyl (C=O) groups excluding carboxylic acids is 4. The summed E-state index contributed by atoms with van der Waals surface area (Å²) < 4.78 is 0. The fourth-order valence-corrected chi connectivity index (χ4v) is 1.78. The summed E-state index contributed by atoms with van der Waals surface area (Å²) in [4.78, 5) is 42.5. The van der Waals surface area contributed by atoms with Crippen molar-refractivity contribution in [2.45, 2.75) is 32.6 Å². The fourth-order valence-electron chi connectivity index (χ4n) is 1.78. The minimum Gasteiger partial charge on any atom is -0.550 e. The molecule has 20 heavy (non-hydrogen) atoms.